The number of rotatable bonds is 4. The average Bonchev–Trinajstić information content (AvgIpc) is 2.36. The largest absolute Gasteiger partial charge is 0.496 e. The summed E-state index contributed by atoms with van der Waals surface area (Å²) in [6, 6.07) is 6.19. The Labute approximate surface area is 122 Å². The SMILES string of the molecule is CCNC(=NCc1ccc(C)c(OC)c1)NC(C)(C)C. The predicted octanol–water partition coefficient (Wildman–Crippen LogP) is 2.86. The Bertz CT molecular complexity index is 461. The first kappa shape index (κ1) is 16.3. The number of nitrogens with zero attached hydrogens (tertiary/aromatic N) is 1. The van der Waals surface area contributed by atoms with Crippen LogP contribution in [0, 0.1) is 6.92 Å². The standard InChI is InChI=1S/C16H27N3O/c1-7-17-15(19-16(3,4)5)18-11-13-9-8-12(2)14(10-13)20-6/h8-10H,7,11H2,1-6H3,(H2,17,18,19). The highest BCUT2D eigenvalue weighted by Crippen LogP contribution is 2.19. The number of aliphatic imine (C=N–C) groups is 1. The number of nitrogens with one attached hydrogen (secondary N) is 2. The Kier molecular flexibility index (Phi) is 5.86. The molecule has 1 rings (SSSR count). The van der Waals surface area contributed by atoms with Crippen LogP contribution in [0.2, 0.25) is 0 Å². The van der Waals surface area contributed by atoms with Crippen LogP contribution < -0.4 is 15.4 Å². The van der Waals surface area contributed by atoms with Crippen LogP contribution in [0.1, 0.15) is 38.8 Å². The molecule has 0 fully saturated rings. The van der Waals surface area contributed by atoms with Gasteiger partial charge in [0.25, 0.3) is 0 Å². The van der Waals surface area contributed by atoms with Gasteiger partial charge in [-0.25, -0.2) is 4.99 Å². The summed E-state index contributed by atoms with van der Waals surface area (Å²) in [4.78, 5) is 4.61. The van der Waals surface area contributed by atoms with E-state index in [0.717, 1.165) is 29.4 Å². The normalized spacial score (nSPS) is 12.2. The van der Waals surface area contributed by atoms with Gasteiger partial charge in [0, 0.05) is 12.1 Å². The van der Waals surface area contributed by atoms with E-state index in [-0.39, 0.29) is 5.54 Å². The molecule has 2 N–H and O–H groups in total. The maximum atomic E-state index is 5.34. The lowest BCUT2D eigenvalue weighted by molar-refractivity contribution is 0.411. The summed E-state index contributed by atoms with van der Waals surface area (Å²) in [5, 5.41) is 6.63. The fourth-order valence-corrected chi connectivity index (χ4v) is 1.80. The molecule has 112 valence electrons. The Morgan fingerprint density at radius 3 is 2.55 bits per heavy atom. The fourth-order valence-electron chi connectivity index (χ4n) is 1.80. The summed E-state index contributed by atoms with van der Waals surface area (Å²) in [6.07, 6.45) is 0. The smallest absolute Gasteiger partial charge is 0.191 e. The molecule has 0 aromatic heterocycles. The van der Waals surface area contributed by atoms with Gasteiger partial charge < -0.3 is 15.4 Å². The van der Waals surface area contributed by atoms with E-state index in [1.807, 2.05) is 13.0 Å². The van der Waals surface area contributed by atoms with Crippen LogP contribution in [0.25, 0.3) is 0 Å². The highest BCUT2D eigenvalue weighted by atomic mass is 16.5. The summed E-state index contributed by atoms with van der Waals surface area (Å²) >= 11 is 0. The summed E-state index contributed by atoms with van der Waals surface area (Å²) in [6.45, 7) is 11.9. The van der Waals surface area contributed by atoms with Gasteiger partial charge in [-0.15, -0.1) is 0 Å². The van der Waals surface area contributed by atoms with E-state index in [1.165, 1.54) is 0 Å². The second kappa shape index (κ2) is 7.17. The number of methoxy groups -OCH3 is 1. The molecule has 0 atom stereocenters. The molecule has 0 aliphatic heterocycles. The average molecular weight is 277 g/mol. The first-order valence-electron chi connectivity index (χ1n) is 7.05. The van der Waals surface area contributed by atoms with Gasteiger partial charge in [0.05, 0.1) is 13.7 Å². The van der Waals surface area contributed by atoms with Gasteiger partial charge in [0.1, 0.15) is 5.75 Å². The van der Waals surface area contributed by atoms with Crippen molar-refractivity contribution < 1.29 is 4.74 Å². The van der Waals surface area contributed by atoms with E-state index in [4.69, 9.17) is 4.74 Å². The third kappa shape index (κ3) is 5.51. The monoisotopic (exact) mass is 277 g/mol. The van der Waals surface area contributed by atoms with Crippen molar-refractivity contribution in [1.29, 1.82) is 0 Å². The lowest BCUT2D eigenvalue weighted by Crippen LogP contribution is -2.47. The molecule has 0 radical (unpaired) electrons. The van der Waals surface area contributed by atoms with E-state index in [2.05, 4.69) is 55.5 Å². The number of aryl methyl sites for hydroxylation is 1. The minimum atomic E-state index is -0.00797. The molecule has 20 heavy (non-hydrogen) atoms. The number of guanidine groups is 1. The van der Waals surface area contributed by atoms with Crippen LogP contribution in [0.5, 0.6) is 5.75 Å². The van der Waals surface area contributed by atoms with Crippen LogP contribution >= 0.6 is 0 Å². The van der Waals surface area contributed by atoms with Gasteiger partial charge in [-0.1, -0.05) is 12.1 Å². The maximum Gasteiger partial charge on any atom is 0.191 e. The van der Waals surface area contributed by atoms with Crippen LogP contribution in [0.15, 0.2) is 23.2 Å². The number of benzene rings is 1. The number of ether oxygens (including phenoxy) is 1. The third-order valence-electron chi connectivity index (χ3n) is 2.73. The molecule has 0 saturated carbocycles. The minimum absolute atomic E-state index is 0.00797. The van der Waals surface area contributed by atoms with Crippen molar-refractivity contribution in [3.05, 3.63) is 29.3 Å². The number of hydrogen-bond donors (Lipinski definition) is 2. The predicted molar refractivity (Wildman–Crippen MR) is 85.4 cm³/mol. The summed E-state index contributed by atoms with van der Waals surface area (Å²) < 4.78 is 5.34. The first-order valence-corrected chi connectivity index (χ1v) is 7.05. The second-order valence-corrected chi connectivity index (χ2v) is 5.87. The van der Waals surface area contributed by atoms with E-state index in [0.29, 0.717) is 6.54 Å². The molecule has 0 aliphatic rings. The van der Waals surface area contributed by atoms with Crippen molar-refractivity contribution in [3.8, 4) is 5.75 Å². The Hall–Kier alpha value is -1.71. The zero-order valence-corrected chi connectivity index (χ0v) is 13.5. The van der Waals surface area contributed by atoms with E-state index >= 15 is 0 Å². The molecule has 0 unspecified atom stereocenters. The lowest BCUT2D eigenvalue weighted by atomic mass is 10.1. The van der Waals surface area contributed by atoms with Crippen LogP contribution in [-0.2, 0) is 6.54 Å². The molecule has 4 heteroatoms. The Morgan fingerprint density at radius 1 is 1.30 bits per heavy atom. The van der Waals surface area contributed by atoms with Crippen LogP contribution in [-0.4, -0.2) is 25.2 Å². The zero-order valence-electron chi connectivity index (χ0n) is 13.5. The van der Waals surface area contributed by atoms with Gasteiger partial charge in [-0.05, 0) is 51.8 Å². The van der Waals surface area contributed by atoms with Crippen molar-refractivity contribution in [1.82, 2.24) is 10.6 Å². The molecule has 0 spiro atoms. The molecule has 0 amide bonds. The molecular weight excluding hydrogens is 250 g/mol. The van der Waals surface area contributed by atoms with Crippen molar-refractivity contribution in [2.24, 2.45) is 4.99 Å². The third-order valence-corrected chi connectivity index (χ3v) is 2.73. The van der Waals surface area contributed by atoms with Gasteiger partial charge in [0.2, 0.25) is 0 Å². The van der Waals surface area contributed by atoms with Crippen molar-refractivity contribution in [3.63, 3.8) is 0 Å². The molecule has 1 aromatic rings. The fraction of sp³-hybridized carbons (Fsp3) is 0.562. The van der Waals surface area contributed by atoms with Crippen molar-refractivity contribution >= 4 is 5.96 Å². The Balaban J connectivity index is 2.81. The van der Waals surface area contributed by atoms with Gasteiger partial charge in [0.15, 0.2) is 5.96 Å². The molecule has 0 aliphatic carbocycles. The van der Waals surface area contributed by atoms with Gasteiger partial charge in [-0.3, -0.25) is 0 Å². The molecule has 4 nitrogen and oxygen atoms in total. The van der Waals surface area contributed by atoms with Crippen LogP contribution in [0.4, 0.5) is 0 Å². The first-order chi connectivity index (χ1) is 9.35. The highest BCUT2D eigenvalue weighted by molar-refractivity contribution is 5.80. The van der Waals surface area contributed by atoms with Gasteiger partial charge in [-0.2, -0.15) is 0 Å². The summed E-state index contributed by atoms with van der Waals surface area (Å²) in [5.74, 6) is 1.74. The molecular formula is C16H27N3O. The second-order valence-electron chi connectivity index (χ2n) is 5.87. The molecule has 1 aromatic carbocycles. The van der Waals surface area contributed by atoms with E-state index in [9.17, 15) is 0 Å². The summed E-state index contributed by atoms with van der Waals surface area (Å²) in [7, 11) is 1.70. The zero-order chi connectivity index (χ0) is 15.2. The van der Waals surface area contributed by atoms with E-state index in [1.54, 1.807) is 7.11 Å². The molecule has 0 bridgehead atoms. The van der Waals surface area contributed by atoms with Gasteiger partial charge >= 0.3 is 0 Å². The summed E-state index contributed by atoms with van der Waals surface area (Å²) in [5.41, 5.74) is 2.27. The topological polar surface area (TPSA) is 45.7 Å². The lowest BCUT2D eigenvalue weighted by Gasteiger charge is -2.23. The molecule has 0 heterocycles. The maximum absolute atomic E-state index is 5.34. The van der Waals surface area contributed by atoms with Crippen molar-refractivity contribution in [2.45, 2.75) is 46.7 Å². The van der Waals surface area contributed by atoms with E-state index < -0.39 is 0 Å². The number of hydrogen-bond acceptors (Lipinski definition) is 2. The van der Waals surface area contributed by atoms with Crippen molar-refractivity contribution in [2.75, 3.05) is 13.7 Å². The highest BCUT2D eigenvalue weighted by Gasteiger charge is 2.11. The minimum Gasteiger partial charge on any atom is -0.496 e. The quantitative estimate of drug-likeness (QED) is 0.657. The molecule has 0 saturated heterocycles. The Morgan fingerprint density at radius 2 is 2.00 bits per heavy atom. The van der Waals surface area contributed by atoms with Crippen LogP contribution in [0.3, 0.4) is 0 Å².